The Morgan fingerprint density at radius 1 is 1.19 bits per heavy atom. The Labute approximate surface area is 185 Å². The second-order valence-corrected chi connectivity index (χ2v) is 10.00. The molecule has 0 bridgehead atoms. The average molecular weight is 471 g/mol. The second kappa shape index (κ2) is 9.11. The lowest BCUT2D eigenvalue weighted by Gasteiger charge is -2.38. The third kappa shape index (κ3) is 5.24. The first-order valence-electron chi connectivity index (χ1n) is 10.0. The summed E-state index contributed by atoms with van der Waals surface area (Å²) in [5.74, 6) is 0.382. The summed E-state index contributed by atoms with van der Waals surface area (Å²) in [5.41, 5.74) is -1.18. The average Bonchev–Trinajstić information content (AvgIpc) is 2.77. The van der Waals surface area contributed by atoms with Crippen LogP contribution in [0.3, 0.4) is 0 Å². The highest BCUT2D eigenvalue weighted by atomic mass is 32.2. The standard InChI is InChI=1S/C22H25F3N2O4S/c1-21(20(28)26-14-16-7-9-18(31-2)10-8-16)11-4-12-27(15-21)32(29,30)19-6-3-5-17(13-19)22(23,24)25/h3,5-10,13H,4,11-12,14-15H2,1-2H3,(H,26,28). The van der Waals surface area contributed by atoms with E-state index in [4.69, 9.17) is 4.74 Å². The van der Waals surface area contributed by atoms with Crippen molar-refractivity contribution in [3.8, 4) is 5.75 Å². The van der Waals surface area contributed by atoms with Crippen molar-refractivity contribution in [1.29, 1.82) is 0 Å². The lowest BCUT2D eigenvalue weighted by Crippen LogP contribution is -2.51. The van der Waals surface area contributed by atoms with Gasteiger partial charge in [-0.3, -0.25) is 4.79 Å². The Morgan fingerprint density at radius 3 is 2.50 bits per heavy atom. The number of halogens is 3. The van der Waals surface area contributed by atoms with Gasteiger partial charge in [0.1, 0.15) is 5.75 Å². The van der Waals surface area contributed by atoms with Crippen LogP contribution in [0.15, 0.2) is 53.4 Å². The Hall–Kier alpha value is -2.59. The van der Waals surface area contributed by atoms with Crippen molar-refractivity contribution < 1.29 is 31.1 Å². The Morgan fingerprint density at radius 2 is 1.88 bits per heavy atom. The van der Waals surface area contributed by atoms with Crippen molar-refractivity contribution in [2.45, 2.75) is 37.4 Å². The molecule has 1 unspecified atom stereocenters. The highest BCUT2D eigenvalue weighted by Crippen LogP contribution is 2.35. The number of piperidine rings is 1. The van der Waals surface area contributed by atoms with Gasteiger partial charge >= 0.3 is 6.18 Å². The molecule has 32 heavy (non-hydrogen) atoms. The van der Waals surface area contributed by atoms with Crippen LogP contribution in [0, 0.1) is 5.41 Å². The van der Waals surface area contributed by atoms with Gasteiger partial charge in [-0.1, -0.05) is 18.2 Å². The summed E-state index contributed by atoms with van der Waals surface area (Å²) in [6, 6.07) is 10.8. The monoisotopic (exact) mass is 470 g/mol. The van der Waals surface area contributed by atoms with E-state index in [0.29, 0.717) is 24.7 Å². The largest absolute Gasteiger partial charge is 0.497 e. The van der Waals surface area contributed by atoms with Crippen LogP contribution in [0.25, 0.3) is 0 Å². The third-order valence-electron chi connectivity index (χ3n) is 5.62. The molecule has 1 aliphatic rings. The number of amides is 1. The smallest absolute Gasteiger partial charge is 0.416 e. The summed E-state index contributed by atoms with van der Waals surface area (Å²) < 4.78 is 71.3. The number of rotatable bonds is 6. The van der Waals surface area contributed by atoms with E-state index in [2.05, 4.69) is 5.32 Å². The molecule has 3 rings (SSSR count). The Bertz CT molecular complexity index is 1070. The maximum Gasteiger partial charge on any atom is 0.416 e. The van der Waals surface area contributed by atoms with Crippen LogP contribution in [0.2, 0.25) is 0 Å². The van der Waals surface area contributed by atoms with Gasteiger partial charge in [-0.15, -0.1) is 0 Å². The first-order chi connectivity index (χ1) is 15.0. The number of sulfonamides is 1. The van der Waals surface area contributed by atoms with Crippen LogP contribution >= 0.6 is 0 Å². The van der Waals surface area contributed by atoms with E-state index < -0.39 is 32.1 Å². The van der Waals surface area contributed by atoms with Gasteiger partial charge in [0.25, 0.3) is 0 Å². The molecular weight excluding hydrogens is 445 g/mol. The van der Waals surface area contributed by atoms with Crippen molar-refractivity contribution in [2.24, 2.45) is 5.41 Å². The number of nitrogens with one attached hydrogen (secondary N) is 1. The molecule has 0 radical (unpaired) electrons. The van der Waals surface area contributed by atoms with Crippen LogP contribution in [0.5, 0.6) is 5.75 Å². The molecule has 0 saturated carbocycles. The molecule has 1 atom stereocenters. The Kier molecular flexibility index (Phi) is 6.85. The molecule has 10 heteroatoms. The van der Waals surface area contributed by atoms with E-state index in [1.807, 2.05) is 12.1 Å². The van der Waals surface area contributed by atoms with E-state index in [-0.39, 0.29) is 25.5 Å². The number of carbonyl (C=O) groups is 1. The number of hydrogen-bond acceptors (Lipinski definition) is 4. The number of alkyl halides is 3. The van der Waals surface area contributed by atoms with Crippen molar-refractivity contribution in [1.82, 2.24) is 9.62 Å². The van der Waals surface area contributed by atoms with Gasteiger partial charge in [0.2, 0.25) is 15.9 Å². The maximum absolute atomic E-state index is 13.0. The zero-order chi connectivity index (χ0) is 23.6. The zero-order valence-electron chi connectivity index (χ0n) is 17.8. The SMILES string of the molecule is COc1ccc(CNC(=O)C2(C)CCCN(S(=O)(=O)c3cccc(C(F)(F)F)c3)C2)cc1. The molecule has 174 valence electrons. The predicted octanol–water partition coefficient (Wildman–Crippen LogP) is 3.82. The normalized spacial score (nSPS) is 20.0. The third-order valence-corrected chi connectivity index (χ3v) is 7.46. The fourth-order valence-electron chi connectivity index (χ4n) is 3.70. The van der Waals surface area contributed by atoms with Gasteiger partial charge in [0.05, 0.1) is 23.0 Å². The Balaban J connectivity index is 1.73. The molecule has 0 spiro atoms. The number of carbonyl (C=O) groups excluding carboxylic acids is 1. The van der Waals surface area contributed by atoms with Crippen molar-refractivity contribution >= 4 is 15.9 Å². The first kappa shape index (κ1) is 24.1. The minimum atomic E-state index is -4.65. The van der Waals surface area contributed by atoms with E-state index in [9.17, 15) is 26.4 Å². The summed E-state index contributed by atoms with van der Waals surface area (Å²) in [4.78, 5) is 12.5. The predicted molar refractivity (Wildman–Crippen MR) is 112 cm³/mol. The molecule has 6 nitrogen and oxygen atoms in total. The van der Waals surface area contributed by atoms with Gasteiger partial charge in [-0.25, -0.2) is 8.42 Å². The molecule has 1 amide bonds. The second-order valence-electron chi connectivity index (χ2n) is 8.06. The number of hydrogen-bond donors (Lipinski definition) is 1. The lowest BCUT2D eigenvalue weighted by atomic mass is 9.82. The van der Waals surface area contributed by atoms with E-state index in [0.717, 1.165) is 28.1 Å². The van der Waals surface area contributed by atoms with Gasteiger partial charge in [0.15, 0.2) is 0 Å². The van der Waals surface area contributed by atoms with Gasteiger partial charge in [-0.05, 0) is 55.7 Å². The molecule has 1 heterocycles. The first-order valence-corrected chi connectivity index (χ1v) is 11.5. The molecule has 2 aromatic rings. The summed E-state index contributed by atoms with van der Waals surface area (Å²) in [5, 5.41) is 2.84. The van der Waals surface area contributed by atoms with Gasteiger partial charge in [0, 0.05) is 19.6 Å². The molecule has 2 aromatic carbocycles. The number of nitrogens with zero attached hydrogens (tertiary/aromatic N) is 1. The van der Waals surface area contributed by atoms with Gasteiger partial charge < -0.3 is 10.1 Å². The van der Waals surface area contributed by atoms with Crippen molar-refractivity contribution in [3.05, 3.63) is 59.7 Å². The van der Waals surface area contributed by atoms with Crippen LogP contribution < -0.4 is 10.1 Å². The minimum Gasteiger partial charge on any atom is -0.497 e. The van der Waals surface area contributed by atoms with Crippen LogP contribution in [0.4, 0.5) is 13.2 Å². The van der Waals surface area contributed by atoms with E-state index in [1.54, 1.807) is 26.2 Å². The molecule has 0 aromatic heterocycles. The highest BCUT2D eigenvalue weighted by Gasteiger charge is 2.42. The zero-order valence-corrected chi connectivity index (χ0v) is 18.6. The van der Waals surface area contributed by atoms with Crippen LogP contribution in [-0.2, 0) is 27.5 Å². The maximum atomic E-state index is 13.0. The van der Waals surface area contributed by atoms with E-state index in [1.165, 1.54) is 0 Å². The minimum absolute atomic E-state index is 0.111. The summed E-state index contributed by atoms with van der Waals surface area (Å²) in [6.45, 7) is 1.96. The van der Waals surface area contributed by atoms with Crippen molar-refractivity contribution in [2.75, 3.05) is 20.2 Å². The molecule has 1 N–H and O–H groups in total. The quantitative estimate of drug-likeness (QED) is 0.697. The van der Waals surface area contributed by atoms with Crippen LogP contribution in [0.1, 0.15) is 30.9 Å². The van der Waals surface area contributed by atoms with Crippen molar-refractivity contribution in [3.63, 3.8) is 0 Å². The molecule has 0 aliphatic carbocycles. The molecule has 1 aliphatic heterocycles. The summed E-state index contributed by atoms with van der Waals surface area (Å²) >= 11 is 0. The fraction of sp³-hybridized carbons (Fsp3) is 0.409. The van der Waals surface area contributed by atoms with E-state index >= 15 is 0 Å². The fourth-order valence-corrected chi connectivity index (χ4v) is 5.35. The highest BCUT2D eigenvalue weighted by molar-refractivity contribution is 7.89. The topological polar surface area (TPSA) is 75.7 Å². The van der Waals surface area contributed by atoms with Crippen LogP contribution in [-0.4, -0.2) is 38.8 Å². The molecule has 1 saturated heterocycles. The summed E-state index contributed by atoms with van der Waals surface area (Å²) in [7, 11) is -2.63. The summed E-state index contributed by atoms with van der Waals surface area (Å²) in [6.07, 6.45) is -3.76. The van der Waals surface area contributed by atoms with Gasteiger partial charge in [-0.2, -0.15) is 17.5 Å². The molecule has 1 fully saturated rings. The number of ether oxygens (including phenoxy) is 1. The lowest BCUT2D eigenvalue weighted by molar-refractivity contribution is -0.137. The number of benzene rings is 2. The number of methoxy groups -OCH3 is 1. The molecular formula is C22H25F3N2O4S.